The van der Waals surface area contributed by atoms with Crippen molar-refractivity contribution in [2.24, 2.45) is 0 Å². The van der Waals surface area contributed by atoms with Gasteiger partial charge >= 0.3 is 5.97 Å². The maximum atomic E-state index is 12.5. The van der Waals surface area contributed by atoms with Crippen molar-refractivity contribution in [3.63, 3.8) is 0 Å². The molecule has 0 aliphatic heterocycles. The van der Waals surface area contributed by atoms with E-state index < -0.39 is 21.9 Å². The van der Waals surface area contributed by atoms with Crippen LogP contribution < -0.4 is 14.8 Å². The van der Waals surface area contributed by atoms with Crippen LogP contribution in [0.2, 0.25) is 0 Å². The molecule has 166 valence electrons. The number of hydrogen-bond donors (Lipinski definition) is 2. The Bertz CT molecular complexity index is 1010. The Balaban J connectivity index is 1.56. The summed E-state index contributed by atoms with van der Waals surface area (Å²) in [7, 11) is -2.33. The minimum absolute atomic E-state index is 0.0220. The lowest BCUT2D eigenvalue weighted by molar-refractivity contribution is -0.118. The highest BCUT2D eigenvalue weighted by Gasteiger charge is 2.22. The molecule has 0 aromatic heterocycles. The maximum absolute atomic E-state index is 12.5. The van der Waals surface area contributed by atoms with Gasteiger partial charge in [-0.3, -0.25) is 4.79 Å². The molecule has 31 heavy (non-hydrogen) atoms. The molecular formula is C22H26N2O6S. The van der Waals surface area contributed by atoms with Gasteiger partial charge in [0.15, 0.2) is 6.61 Å². The molecule has 0 unspecified atom stereocenters. The van der Waals surface area contributed by atoms with Crippen molar-refractivity contribution in [1.29, 1.82) is 0 Å². The highest BCUT2D eigenvalue weighted by atomic mass is 32.2. The van der Waals surface area contributed by atoms with Gasteiger partial charge in [0.25, 0.3) is 5.91 Å². The number of carbonyl (C=O) groups is 2. The van der Waals surface area contributed by atoms with Gasteiger partial charge in [-0.05, 0) is 49.2 Å². The summed E-state index contributed by atoms with van der Waals surface area (Å²) in [4.78, 5) is 24.1. The molecule has 0 radical (unpaired) electrons. The molecule has 1 aliphatic carbocycles. The average Bonchev–Trinajstić information content (AvgIpc) is 2.78. The van der Waals surface area contributed by atoms with E-state index >= 15 is 0 Å². The summed E-state index contributed by atoms with van der Waals surface area (Å²) < 4.78 is 38.0. The van der Waals surface area contributed by atoms with Crippen molar-refractivity contribution in [1.82, 2.24) is 4.72 Å². The Morgan fingerprint density at radius 1 is 1.00 bits per heavy atom. The number of sulfonamides is 1. The second kappa shape index (κ2) is 10.4. The molecule has 0 saturated heterocycles. The van der Waals surface area contributed by atoms with Crippen LogP contribution in [0.15, 0.2) is 53.4 Å². The van der Waals surface area contributed by atoms with Gasteiger partial charge in [0.1, 0.15) is 5.75 Å². The molecular weight excluding hydrogens is 420 g/mol. The third kappa shape index (κ3) is 6.28. The molecule has 9 heteroatoms. The molecule has 0 heterocycles. The summed E-state index contributed by atoms with van der Waals surface area (Å²) >= 11 is 0. The van der Waals surface area contributed by atoms with E-state index in [9.17, 15) is 18.0 Å². The van der Waals surface area contributed by atoms with Crippen LogP contribution in [0.5, 0.6) is 5.75 Å². The molecule has 1 saturated carbocycles. The third-order valence-electron chi connectivity index (χ3n) is 5.04. The summed E-state index contributed by atoms with van der Waals surface area (Å²) in [6.07, 6.45) is 4.92. The molecule has 2 aromatic rings. The van der Waals surface area contributed by atoms with Gasteiger partial charge in [0, 0.05) is 6.04 Å². The van der Waals surface area contributed by atoms with Crippen LogP contribution in [0.3, 0.4) is 0 Å². The SMILES string of the molecule is COC(=O)c1ccccc1NC(=O)COc1ccc(S(=O)(=O)NC2CCCCC2)cc1. The summed E-state index contributed by atoms with van der Waals surface area (Å²) in [6, 6.07) is 12.4. The van der Waals surface area contributed by atoms with Crippen molar-refractivity contribution >= 4 is 27.6 Å². The number of ether oxygens (including phenoxy) is 2. The van der Waals surface area contributed by atoms with E-state index in [4.69, 9.17) is 9.47 Å². The molecule has 1 amide bonds. The topological polar surface area (TPSA) is 111 Å². The number of nitrogens with one attached hydrogen (secondary N) is 2. The molecule has 1 aliphatic rings. The second-order valence-electron chi connectivity index (χ2n) is 7.30. The monoisotopic (exact) mass is 446 g/mol. The Morgan fingerprint density at radius 2 is 1.68 bits per heavy atom. The highest BCUT2D eigenvalue weighted by molar-refractivity contribution is 7.89. The first-order valence-corrected chi connectivity index (χ1v) is 11.6. The molecule has 1 fully saturated rings. The average molecular weight is 447 g/mol. The number of para-hydroxylation sites is 1. The van der Waals surface area contributed by atoms with Crippen molar-refractivity contribution in [2.75, 3.05) is 19.0 Å². The third-order valence-corrected chi connectivity index (χ3v) is 6.57. The van der Waals surface area contributed by atoms with E-state index in [-0.39, 0.29) is 23.1 Å². The van der Waals surface area contributed by atoms with E-state index in [0.29, 0.717) is 11.4 Å². The van der Waals surface area contributed by atoms with Gasteiger partial charge < -0.3 is 14.8 Å². The number of hydrogen-bond acceptors (Lipinski definition) is 6. The van der Waals surface area contributed by atoms with Gasteiger partial charge in [-0.1, -0.05) is 31.4 Å². The van der Waals surface area contributed by atoms with E-state index in [1.165, 1.54) is 31.4 Å². The standard InChI is InChI=1S/C22H26N2O6S/c1-29-22(26)19-9-5-6-10-20(19)23-21(25)15-30-17-11-13-18(14-12-17)31(27,28)24-16-7-3-2-4-8-16/h5-6,9-14,16,24H,2-4,7-8,15H2,1H3,(H,23,25). The number of esters is 1. The summed E-state index contributed by atoms with van der Waals surface area (Å²) in [5, 5.41) is 2.61. The van der Waals surface area contributed by atoms with Crippen LogP contribution >= 0.6 is 0 Å². The summed E-state index contributed by atoms with van der Waals surface area (Å²) in [5.41, 5.74) is 0.552. The first kappa shape index (κ1) is 22.8. The van der Waals surface area contributed by atoms with E-state index in [1.54, 1.807) is 24.3 Å². The van der Waals surface area contributed by atoms with Gasteiger partial charge in [-0.25, -0.2) is 17.9 Å². The smallest absolute Gasteiger partial charge is 0.339 e. The number of benzene rings is 2. The van der Waals surface area contributed by atoms with Crippen LogP contribution in [0.1, 0.15) is 42.5 Å². The number of methoxy groups -OCH3 is 1. The zero-order chi connectivity index (χ0) is 22.3. The summed E-state index contributed by atoms with van der Waals surface area (Å²) in [5.74, 6) is -0.671. The minimum atomic E-state index is -3.59. The fraction of sp³-hybridized carbons (Fsp3) is 0.364. The molecule has 2 aromatic carbocycles. The Morgan fingerprint density at radius 3 is 2.35 bits per heavy atom. The van der Waals surface area contributed by atoms with Crippen LogP contribution in [0.4, 0.5) is 5.69 Å². The maximum Gasteiger partial charge on any atom is 0.339 e. The lowest BCUT2D eigenvalue weighted by Crippen LogP contribution is -2.36. The van der Waals surface area contributed by atoms with Crippen molar-refractivity contribution < 1.29 is 27.5 Å². The fourth-order valence-corrected chi connectivity index (χ4v) is 4.74. The summed E-state index contributed by atoms with van der Waals surface area (Å²) in [6.45, 7) is -0.304. The predicted octanol–water partition coefficient (Wildman–Crippen LogP) is 3.10. The number of carbonyl (C=O) groups excluding carboxylic acids is 2. The van der Waals surface area contributed by atoms with Gasteiger partial charge in [0.05, 0.1) is 23.3 Å². The van der Waals surface area contributed by atoms with E-state index in [2.05, 4.69) is 10.0 Å². The number of anilines is 1. The lowest BCUT2D eigenvalue weighted by Gasteiger charge is -2.22. The molecule has 0 spiro atoms. The zero-order valence-electron chi connectivity index (χ0n) is 17.3. The van der Waals surface area contributed by atoms with Crippen LogP contribution in [0.25, 0.3) is 0 Å². The Kier molecular flexibility index (Phi) is 7.64. The predicted molar refractivity (Wildman–Crippen MR) is 116 cm³/mol. The number of amides is 1. The van der Waals surface area contributed by atoms with Crippen LogP contribution in [0, 0.1) is 0 Å². The Hall–Kier alpha value is -2.91. The molecule has 0 bridgehead atoms. The molecule has 8 nitrogen and oxygen atoms in total. The van der Waals surface area contributed by atoms with Crippen LogP contribution in [-0.4, -0.2) is 40.1 Å². The van der Waals surface area contributed by atoms with Crippen molar-refractivity contribution in [3.05, 3.63) is 54.1 Å². The van der Waals surface area contributed by atoms with Gasteiger partial charge in [0.2, 0.25) is 10.0 Å². The van der Waals surface area contributed by atoms with E-state index in [1.807, 2.05) is 0 Å². The fourth-order valence-electron chi connectivity index (χ4n) is 3.44. The quantitative estimate of drug-likeness (QED) is 0.603. The zero-order valence-corrected chi connectivity index (χ0v) is 18.1. The first-order valence-electron chi connectivity index (χ1n) is 10.1. The van der Waals surface area contributed by atoms with Crippen LogP contribution in [-0.2, 0) is 19.6 Å². The van der Waals surface area contributed by atoms with Gasteiger partial charge in [-0.15, -0.1) is 0 Å². The second-order valence-corrected chi connectivity index (χ2v) is 9.02. The number of rotatable bonds is 8. The molecule has 0 atom stereocenters. The Labute approximate surface area is 182 Å². The van der Waals surface area contributed by atoms with Crippen molar-refractivity contribution in [3.8, 4) is 5.75 Å². The molecule has 2 N–H and O–H groups in total. The van der Waals surface area contributed by atoms with Gasteiger partial charge in [-0.2, -0.15) is 0 Å². The van der Waals surface area contributed by atoms with E-state index in [0.717, 1.165) is 32.1 Å². The molecule has 3 rings (SSSR count). The van der Waals surface area contributed by atoms with Crippen molar-refractivity contribution in [2.45, 2.75) is 43.0 Å². The first-order chi connectivity index (χ1) is 14.9. The highest BCUT2D eigenvalue weighted by Crippen LogP contribution is 2.21. The minimum Gasteiger partial charge on any atom is -0.484 e. The normalized spacial score (nSPS) is 14.6. The largest absolute Gasteiger partial charge is 0.484 e. The lowest BCUT2D eigenvalue weighted by atomic mass is 9.96.